The fraction of sp³-hybridized carbons (Fsp3) is 1.00. The maximum absolute atomic E-state index is 6.23. The van der Waals surface area contributed by atoms with Crippen molar-refractivity contribution in [2.24, 2.45) is 28.9 Å². The molecule has 3 aliphatic carbocycles. The molecule has 3 fully saturated rings. The van der Waals surface area contributed by atoms with Crippen LogP contribution in [0.3, 0.4) is 0 Å². The molecule has 0 aromatic heterocycles. The van der Waals surface area contributed by atoms with Crippen LogP contribution in [0.2, 0.25) is 0 Å². The Morgan fingerprint density at radius 1 is 1.12 bits per heavy atom. The van der Waals surface area contributed by atoms with Crippen LogP contribution in [-0.2, 0) is 4.74 Å². The second-order valence-corrected chi connectivity index (χ2v) is 6.74. The van der Waals surface area contributed by atoms with Gasteiger partial charge in [-0.25, -0.2) is 0 Å². The number of hydrogen-bond acceptors (Lipinski definition) is 2. The summed E-state index contributed by atoms with van der Waals surface area (Å²) < 4.78 is 5.61. The van der Waals surface area contributed by atoms with Crippen LogP contribution >= 0.6 is 0 Å². The van der Waals surface area contributed by atoms with Gasteiger partial charge in [-0.1, -0.05) is 12.8 Å². The minimum absolute atomic E-state index is 0.500. The Bertz CT molecular complexity index is 280. The monoisotopic (exact) mass is 237 g/mol. The molecule has 3 saturated carbocycles. The first-order valence-corrected chi connectivity index (χ1v) is 7.51. The summed E-state index contributed by atoms with van der Waals surface area (Å²) in [4.78, 5) is 0. The van der Waals surface area contributed by atoms with Crippen molar-refractivity contribution in [2.75, 3.05) is 13.7 Å². The average molecular weight is 237 g/mol. The average Bonchev–Trinajstić information content (AvgIpc) is 2.99. The summed E-state index contributed by atoms with van der Waals surface area (Å²) in [6.07, 6.45) is 11.6. The highest BCUT2D eigenvalue weighted by atomic mass is 16.5. The summed E-state index contributed by atoms with van der Waals surface area (Å²) in [7, 11) is 1.88. The van der Waals surface area contributed by atoms with Crippen LogP contribution in [0.25, 0.3) is 0 Å². The molecule has 2 heteroatoms. The molecule has 5 atom stereocenters. The van der Waals surface area contributed by atoms with Gasteiger partial charge in [-0.2, -0.15) is 0 Å². The zero-order valence-corrected chi connectivity index (χ0v) is 11.2. The first kappa shape index (κ1) is 12.0. The topological polar surface area (TPSA) is 35.2 Å². The Balaban J connectivity index is 1.76. The van der Waals surface area contributed by atoms with Crippen molar-refractivity contribution in [3.05, 3.63) is 0 Å². The van der Waals surface area contributed by atoms with Crippen LogP contribution < -0.4 is 5.73 Å². The molecule has 0 aliphatic heterocycles. The van der Waals surface area contributed by atoms with Crippen molar-refractivity contribution >= 4 is 0 Å². The molecule has 98 valence electrons. The van der Waals surface area contributed by atoms with Crippen LogP contribution in [0, 0.1) is 23.2 Å². The molecule has 3 rings (SSSR count). The fourth-order valence-electron chi connectivity index (χ4n) is 5.28. The zero-order chi connectivity index (χ0) is 11.9. The number of fused-ring (bicyclic) bond motifs is 2. The number of methoxy groups -OCH3 is 1. The summed E-state index contributed by atoms with van der Waals surface area (Å²) in [5.41, 5.74) is 6.73. The Morgan fingerprint density at radius 2 is 1.94 bits per heavy atom. The number of hydrogen-bond donors (Lipinski definition) is 1. The van der Waals surface area contributed by atoms with E-state index in [1.54, 1.807) is 0 Å². The molecule has 2 N–H and O–H groups in total. The molecule has 0 aromatic rings. The molecule has 0 radical (unpaired) electrons. The molecule has 0 amide bonds. The van der Waals surface area contributed by atoms with Gasteiger partial charge in [-0.15, -0.1) is 0 Å². The van der Waals surface area contributed by atoms with Crippen molar-refractivity contribution in [1.29, 1.82) is 0 Å². The molecule has 3 aliphatic rings. The van der Waals surface area contributed by atoms with Gasteiger partial charge in [0.15, 0.2) is 0 Å². The predicted octanol–water partition coefficient (Wildman–Crippen LogP) is 2.96. The SMILES string of the molecule is COC1CCCC(C2(CN)CC3CCC2C3)C1. The van der Waals surface area contributed by atoms with E-state index in [0.717, 1.165) is 24.3 Å². The van der Waals surface area contributed by atoms with Crippen LogP contribution in [0.5, 0.6) is 0 Å². The van der Waals surface area contributed by atoms with Gasteiger partial charge in [0.25, 0.3) is 0 Å². The van der Waals surface area contributed by atoms with Crippen molar-refractivity contribution in [2.45, 2.75) is 57.5 Å². The predicted molar refractivity (Wildman–Crippen MR) is 69.7 cm³/mol. The first-order chi connectivity index (χ1) is 8.28. The summed E-state index contributed by atoms with van der Waals surface area (Å²) in [5, 5.41) is 0. The third-order valence-electron chi connectivity index (χ3n) is 6.18. The lowest BCUT2D eigenvalue weighted by atomic mass is 9.60. The van der Waals surface area contributed by atoms with Gasteiger partial charge < -0.3 is 10.5 Å². The Hall–Kier alpha value is -0.0800. The summed E-state index contributed by atoms with van der Waals surface area (Å²) in [6, 6.07) is 0. The van der Waals surface area contributed by atoms with Gasteiger partial charge >= 0.3 is 0 Å². The van der Waals surface area contributed by atoms with E-state index in [9.17, 15) is 0 Å². The van der Waals surface area contributed by atoms with Gasteiger partial charge in [0.2, 0.25) is 0 Å². The maximum atomic E-state index is 6.23. The van der Waals surface area contributed by atoms with Crippen LogP contribution in [0.4, 0.5) is 0 Å². The molecule has 17 heavy (non-hydrogen) atoms. The van der Waals surface area contributed by atoms with E-state index >= 15 is 0 Å². The lowest BCUT2D eigenvalue weighted by molar-refractivity contribution is -0.0121. The molecule has 2 bridgehead atoms. The van der Waals surface area contributed by atoms with Crippen LogP contribution in [0.15, 0.2) is 0 Å². The molecule has 5 unspecified atom stereocenters. The van der Waals surface area contributed by atoms with Gasteiger partial charge in [0, 0.05) is 7.11 Å². The van der Waals surface area contributed by atoms with E-state index in [2.05, 4.69) is 0 Å². The molecule has 0 saturated heterocycles. The molecule has 0 heterocycles. The van der Waals surface area contributed by atoms with Crippen LogP contribution in [-0.4, -0.2) is 19.8 Å². The zero-order valence-electron chi connectivity index (χ0n) is 11.2. The lowest BCUT2D eigenvalue weighted by Gasteiger charge is -2.46. The summed E-state index contributed by atoms with van der Waals surface area (Å²) in [5.74, 6) is 2.80. The largest absolute Gasteiger partial charge is 0.381 e. The Kier molecular flexibility index (Phi) is 3.20. The van der Waals surface area contributed by atoms with Crippen molar-refractivity contribution in [3.63, 3.8) is 0 Å². The third-order valence-corrected chi connectivity index (χ3v) is 6.18. The van der Waals surface area contributed by atoms with Crippen molar-refractivity contribution in [3.8, 4) is 0 Å². The van der Waals surface area contributed by atoms with Gasteiger partial charge in [0.05, 0.1) is 6.10 Å². The maximum Gasteiger partial charge on any atom is 0.0574 e. The van der Waals surface area contributed by atoms with Gasteiger partial charge in [0.1, 0.15) is 0 Å². The molecule has 0 spiro atoms. The highest BCUT2D eigenvalue weighted by Crippen LogP contribution is 2.61. The van der Waals surface area contributed by atoms with Gasteiger partial charge in [-0.3, -0.25) is 0 Å². The van der Waals surface area contributed by atoms with Crippen LogP contribution in [0.1, 0.15) is 51.4 Å². The highest BCUT2D eigenvalue weighted by Gasteiger charge is 2.54. The number of nitrogens with two attached hydrogens (primary N) is 1. The van der Waals surface area contributed by atoms with E-state index in [1.165, 1.54) is 51.4 Å². The van der Waals surface area contributed by atoms with E-state index in [4.69, 9.17) is 10.5 Å². The van der Waals surface area contributed by atoms with Crippen molar-refractivity contribution in [1.82, 2.24) is 0 Å². The number of rotatable bonds is 3. The Morgan fingerprint density at radius 3 is 2.53 bits per heavy atom. The summed E-state index contributed by atoms with van der Waals surface area (Å²) in [6.45, 7) is 0.926. The van der Waals surface area contributed by atoms with E-state index < -0.39 is 0 Å². The van der Waals surface area contributed by atoms with E-state index in [1.807, 2.05) is 7.11 Å². The highest BCUT2D eigenvalue weighted by molar-refractivity contribution is 5.05. The lowest BCUT2D eigenvalue weighted by Crippen LogP contribution is -2.45. The molecule has 0 aromatic carbocycles. The van der Waals surface area contributed by atoms with Gasteiger partial charge in [-0.05, 0) is 68.2 Å². The second-order valence-electron chi connectivity index (χ2n) is 6.74. The Labute approximate surface area is 105 Å². The third kappa shape index (κ3) is 1.84. The molecular formula is C15H27NO. The summed E-state index contributed by atoms with van der Waals surface area (Å²) >= 11 is 0. The normalized spacial score (nSPS) is 49.8. The minimum atomic E-state index is 0.500. The van der Waals surface area contributed by atoms with E-state index in [-0.39, 0.29) is 0 Å². The smallest absolute Gasteiger partial charge is 0.0574 e. The fourth-order valence-corrected chi connectivity index (χ4v) is 5.28. The first-order valence-electron chi connectivity index (χ1n) is 7.51. The molecular weight excluding hydrogens is 210 g/mol. The quantitative estimate of drug-likeness (QED) is 0.819. The second kappa shape index (κ2) is 4.55. The van der Waals surface area contributed by atoms with Crippen molar-refractivity contribution < 1.29 is 4.74 Å². The number of ether oxygens (including phenoxy) is 1. The molecule has 2 nitrogen and oxygen atoms in total. The minimum Gasteiger partial charge on any atom is -0.381 e. The van der Waals surface area contributed by atoms with E-state index in [0.29, 0.717) is 11.5 Å². The standard InChI is InChI=1S/C15H27NO/c1-17-14-4-2-3-12(8-14)15(10-16)9-11-5-6-13(15)7-11/h11-14H,2-10,16H2,1H3.